The van der Waals surface area contributed by atoms with Crippen LogP contribution in [0.5, 0.6) is 0 Å². The maximum Gasteiger partial charge on any atom is 0.321 e. The van der Waals surface area contributed by atoms with Crippen LogP contribution in [0.15, 0.2) is 22.8 Å². The maximum atomic E-state index is 12.1. The topological polar surface area (TPSA) is 103 Å². The number of aromatic nitrogens is 1. The van der Waals surface area contributed by atoms with Gasteiger partial charge in [0.2, 0.25) is 11.8 Å². The van der Waals surface area contributed by atoms with Crippen LogP contribution in [0.4, 0.5) is 10.6 Å². The summed E-state index contributed by atoms with van der Waals surface area (Å²) in [6, 6.07) is 2.24. The lowest BCUT2D eigenvalue weighted by Gasteiger charge is -2.23. The number of halogens is 1. The van der Waals surface area contributed by atoms with Crippen LogP contribution in [-0.2, 0) is 9.59 Å². The van der Waals surface area contributed by atoms with Gasteiger partial charge < -0.3 is 10.6 Å². The molecule has 1 aromatic heterocycles. The lowest BCUT2D eigenvalue weighted by molar-refractivity contribution is -0.125. The average molecular weight is 414 g/mol. The van der Waals surface area contributed by atoms with Crippen molar-refractivity contribution in [2.24, 2.45) is 5.92 Å². The lowest BCUT2D eigenvalue weighted by atomic mass is 10.2. The van der Waals surface area contributed by atoms with Crippen LogP contribution < -0.4 is 16.0 Å². The molecule has 0 aromatic carbocycles. The smallest absolute Gasteiger partial charge is 0.321 e. The van der Waals surface area contributed by atoms with Crippen LogP contribution in [0.2, 0.25) is 0 Å². The van der Waals surface area contributed by atoms with Gasteiger partial charge in [-0.05, 0) is 48.0 Å². The molecule has 1 rings (SSSR count). The maximum absolute atomic E-state index is 12.1. The van der Waals surface area contributed by atoms with E-state index in [-0.39, 0.29) is 18.4 Å². The quantitative estimate of drug-likeness (QED) is 0.629. The fraction of sp³-hybridized carbons (Fsp3) is 0.500. The molecule has 0 saturated heterocycles. The van der Waals surface area contributed by atoms with Crippen molar-refractivity contribution >= 4 is 39.6 Å². The molecule has 25 heavy (non-hydrogen) atoms. The van der Waals surface area contributed by atoms with Crippen LogP contribution in [0.3, 0.4) is 0 Å². The molecule has 3 N–H and O–H groups in total. The zero-order valence-electron chi connectivity index (χ0n) is 14.8. The average Bonchev–Trinajstić information content (AvgIpc) is 2.54. The molecule has 1 heterocycles. The molecule has 0 spiro atoms. The zero-order chi connectivity index (χ0) is 19.0. The molecule has 4 amide bonds. The van der Waals surface area contributed by atoms with E-state index >= 15 is 0 Å². The number of pyridine rings is 1. The van der Waals surface area contributed by atoms with Gasteiger partial charge in [-0.1, -0.05) is 13.8 Å². The summed E-state index contributed by atoms with van der Waals surface area (Å²) < 4.78 is 0.809. The second kappa shape index (κ2) is 10.1. The number of rotatable bonds is 7. The number of carbonyl (C=O) groups excluding carboxylic acids is 3. The van der Waals surface area contributed by atoms with Crippen molar-refractivity contribution in [3.8, 4) is 0 Å². The number of carbonyl (C=O) groups is 3. The zero-order valence-corrected chi connectivity index (χ0v) is 16.4. The minimum Gasteiger partial charge on any atom is -0.338 e. The van der Waals surface area contributed by atoms with Gasteiger partial charge in [-0.2, -0.15) is 0 Å². The standard InChI is InChI=1S/C16H24BrN5O3/c1-10(2)7-19-16(25)21-15(24)11(3)22(4)9-14(23)20-13-6-5-12(17)8-18-13/h5-6,8,10-11H,7,9H2,1-4H3,(H,18,20,23)(H2,19,21,24,25). The van der Waals surface area contributed by atoms with Crippen molar-refractivity contribution in [3.05, 3.63) is 22.8 Å². The van der Waals surface area contributed by atoms with Gasteiger partial charge >= 0.3 is 6.03 Å². The van der Waals surface area contributed by atoms with Gasteiger partial charge in [0.15, 0.2) is 0 Å². The highest BCUT2D eigenvalue weighted by atomic mass is 79.9. The number of nitrogens with zero attached hydrogens (tertiary/aromatic N) is 2. The second-order valence-corrected chi connectivity index (χ2v) is 7.01. The summed E-state index contributed by atoms with van der Waals surface area (Å²) in [5.41, 5.74) is 0. The molecule has 0 aliphatic heterocycles. The summed E-state index contributed by atoms with van der Waals surface area (Å²) in [5, 5.41) is 7.51. The molecule has 0 fully saturated rings. The molecule has 1 unspecified atom stereocenters. The van der Waals surface area contributed by atoms with Gasteiger partial charge in [-0.25, -0.2) is 9.78 Å². The summed E-state index contributed by atoms with van der Waals surface area (Å²) in [6.45, 7) is 6.00. The van der Waals surface area contributed by atoms with E-state index in [1.807, 2.05) is 13.8 Å². The second-order valence-electron chi connectivity index (χ2n) is 6.09. The van der Waals surface area contributed by atoms with Crippen LogP contribution >= 0.6 is 15.9 Å². The first-order chi connectivity index (χ1) is 11.7. The van der Waals surface area contributed by atoms with Crippen molar-refractivity contribution in [2.45, 2.75) is 26.8 Å². The Morgan fingerprint density at radius 2 is 1.92 bits per heavy atom. The molecule has 8 nitrogen and oxygen atoms in total. The van der Waals surface area contributed by atoms with E-state index < -0.39 is 18.0 Å². The van der Waals surface area contributed by atoms with Gasteiger partial charge in [-0.3, -0.25) is 19.8 Å². The van der Waals surface area contributed by atoms with E-state index in [0.717, 1.165) is 4.47 Å². The molecule has 0 aliphatic rings. The molecule has 0 aliphatic carbocycles. The number of urea groups is 1. The van der Waals surface area contributed by atoms with Crippen molar-refractivity contribution < 1.29 is 14.4 Å². The summed E-state index contributed by atoms with van der Waals surface area (Å²) in [6.07, 6.45) is 1.57. The minimum absolute atomic E-state index is 0.0139. The lowest BCUT2D eigenvalue weighted by Crippen LogP contribution is -2.50. The summed E-state index contributed by atoms with van der Waals surface area (Å²) >= 11 is 3.26. The van der Waals surface area contributed by atoms with Gasteiger partial charge in [-0.15, -0.1) is 0 Å². The Bertz CT molecular complexity index is 606. The molecule has 138 valence electrons. The van der Waals surface area contributed by atoms with Gasteiger partial charge in [0, 0.05) is 17.2 Å². The van der Waals surface area contributed by atoms with Gasteiger partial charge in [0.25, 0.3) is 0 Å². The normalized spacial score (nSPS) is 12.0. The number of amides is 4. The largest absolute Gasteiger partial charge is 0.338 e. The molecule has 0 radical (unpaired) electrons. The van der Waals surface area contributed by atoms with Crippen LogP contribution in [0.1, 0.15) is 20.8 Å². The fourth-order valence-electron chi connectivity index (χ4n) is 1.75. The SMILES string of the molecule is CC(C)CNC(=O)NC(=O)C(C)N(C)CC(=O)Nc1ccc(Br)cn1. The van der Waals surface area contributed by atoms with Crippen molar-refractivity contribution in [2.75, 3.05) is 25.5 Å². The Morgan fingerprint density at radius 1 is 1.24 bits per heavy atom. The first-order valence-electron chi connectivity index (χ1n) is 7.89. The van der Waals surface area contributed by atoms with E-state index in [1.165, 1.54) is 0 Å². The minimum atomic E-state index is -0.645. The predicted molar refractivity (Wildman–Crippen MR) is 99.0 cm³/mol. The predicted octanol–water partition coefficient (Wildman–Crippen LogP) is 1.58. The highest BCUT2D eigenvalue weighted by Crippen LogP contribution is 2.10. The molecule has 1 aromatic rings. The van der Waals surface area contributed by atoms with Gasteiger partial charge in [0.05, 0.1) is 12.6 Å². The Kier molecular flexibility index (Phi) is 8.50. The fourth-order valence-corrected chi connectivity index (χ4v) is 1.99. The summed E-state index contributed by atoms with van der Waals surface area (Å²) in [5.74, 6) is -0.0665. The Hall–Kier alpha value is -2.00. The summed E-state index contributed by atoms with van der Waals surface area (Å²) in [4.78, 5) is 41.3. The van der Waals surface area contributed by atoms with E-state index in [0.29, 0.717) is 12.4 Å². The number of anilines is 1. The van der Waals surface area contributed by atoms with Gasteiger partial charge in [0.1, 0.15) is 5.82 Å². The van der Waals surface area contributed by atoms with Crippen LogP contribution in [-0.4, -0.2) is 53.9 Å². The summed E-state index contributed by atoms with van der Waals surface area (Å²) in [7, 11) is 1.63. The monoisotopic (exact) mass is 413 g/mol. The third-order valence-corrected chi connectivity index (χ3v) is 3.81. The highest BCUT2D eigenvalue weighted by Gasteiger charge is 2.22. The number of imide groups is 1. The molecule has 9 heteroatoms. The molecule has 1 atom stereocenters. The molecular weight excluding hydrogens is 390 g/mol. The Balaban J connectivity index is 2.45. The number of hydrogen-bond acceptors (Lipinski definition) is 5. The number of hydrogen-bond donors (Lipinski definition) is 3. The third-order valence-electron chi connectivity index (χ3n) is 3.34. The molecule has 0 saturated carbocycles. The van der Waals surface area contributed by atoms with E-state index in [1.54, 1.807) is 37.2 Å². The van der Waals surface area contributed by atoms with Crippen LogP contribution in [0, 0.1) is 5.92 Å². The number of likely N-dealkylation sites (N-methyl/N-ethyl adjacent to an activating group) is 1. The van der Waals surface area contributed by atoms with Crippen molar-refractivity contribution in [3.63, 3.8) is 0 Å². The van der Waals surface area contributed by atoms with Crippen molar-refractivity contribution in [1.82, 2.24) is 20.5 Å². The number of nitrogens with one attached hydrogen (secondary N) is 3. The molecule has 0 bridgehead atoms. The van der Waals surface area contributed by atoms with E-state index in [9.17, 15) is 14.4 Å². The van der Waals surface area contributed by atoms with E-state index in [4.69, 9.17) is 0 Å². The Morgan fingerprint density at radius 3 is 2.48 bits per heavy atom. The Labute approximate surface area is 155 Å². The van der Waals surface area contributed by atoms with Crippen LogP contribution in [0.25, 0.3) is 0 Å². The molecular formula is C16H24BrN5O3. The third kappa shape index (κ3) is 8.08. The van der Waals surface area contributed by atoms with Crippen molar-refractivity contribution in [1.29, 1.82) is 0 Å². The first kappa shape index (κ1) is 21.0. The van der Waals surface area contributed by atoms with E-state index in [2.05, 4.69) is 36.9 Å². The first-order valence-corrected chi connectivity index (χ1v) is 8.68. The highest BCUT2D eigenvalue weighted by molar-refractivity contribution is 9.10.